The summed E-state index contributed by atoms with van der Waals surface area (Å²) in [7, 11) is 1.51. The average molecular weight is 432 g/mol. The first kappa shape index (κ1) is 23.1. The zero-order valence-electron chi connectivity index (χ0n) is 17.0. The van der Waals surface area contributed by atoms with Crippen LogP contribution in [0.1, 0.15) is 25.3 Å². The van der Waals surface area contributed by atoms with Crippen LogP contribution in [0.3, 0.4) is 0 Å². The lowest BCUT2D eigenvalue weighted by molar-refractivity contribution is -0.116. The fourth-order valence-corrected chi connectivity index (χ4v) is 3.46. The molecule has 0 saturated heterocycles. The Balaban J connectivity index is 2.56. The van der Waals surface area contributed by atoms with Crippen molar-refractivity contribution < 1.29 is 9.53 Å². The number of hydrogen-bond acceptors (Lipinski definition) is 7. The second-order valence-electron chi connectivity index (χ2n) is 6.44. The number of nitrogens with one attached hydrogen (secondary N) is 1. The van der Waals surface area contributed by atoms with Gasteiger partial charge in [-0.25, -0.2) is 4.79 Å². The Hall–Kier alpha value is -3.19. The number of thioether (sulfide) groups is 1. The minimum atomic E-state index is -0.737. The molecule has 0 unspecified atom stereocenters. The largest absolute Gasteiger partial charge is 0.496 e. The number of nitrogen functional groups attached to an aromatic ring is 1. The highest BCUT2D eigenvalue weighted by Gasteiger charge is 2.25. The molecule has 0 spiro atoms. The van der Waals surface area contributed by atoms with Gasteiger partial charge in [-0.3, -0.25) is 24.0 Å². The SMILES string of the molecule is CCCCn1c(N)c(N(Cc2ccccc2OC)C(=O)CSCC#N)c(=O)[nH]c1=O. The molecule has 3 N–H and O–H groups in total. The number of unbranched alkanes of at least 4 members (excludes halogenated alkanes) is 1. The summed E-state index contributed by atoms with van der Waals surface area (Å²) in [6, 6.07) is 9.08. The number of nitriles is 1. The number of para-hydroxylation sites is 1. The Kier molecular flexibility index (Phi) is 8.55. The summed E-state index contributed by atoms with van der Waals surface area (Å²) in [5.74, 6) is 0.199. The third kappa shape index (κ3) is 5.45. The smallest absolute Gasteiger partial charge is 0.330 e. The van der Waals surface area contributed by atoms with Gasteiger partial charge in [0.05, 0.1) is 31.2 Å². The van der Waals surface area contributed by atoms with Crippen molar-refractivity contribution in [3.63, 3.8) is 0 Å². The van der Waals surface area contributed by atoms with E-state index < -0.39 is 17.2 Å². The first-order valence-corrected chi connectivity index (χ1v) is 10.6. The molecule has 0 aliphatic heterocycles. The van der Waals surface area contributed by atoms with Gasteiger partial charge in [0.25, 0.3) is 5.56 Å². The van der Waals surface area contributed by atoms with Crippen molar-refractivity contribution in [2.24, 2.45) is 0 Å². The molecular formula is C20H25N5O4S. The molecule has 9 nitrogen and oxygen atoms in total. The van der Waals surface area contributed by atoms with Gasteiger partial charge in [0, 0.05) is 12.1 Å². The second-order valence-corrected chi connectivity index (χ2v) is 7.43. The average Bonchev–Trinajstić information content (AvgIpc) is 2.73. The lowest BCUT2D eigenvalue weighted by Crippen LogP contribution is -2.41. The van der Waals surface area contributed by atoms with Gasteiger partial charge in [-0.1, -0.05) is 31.5 Å². The molecule has 2 aromatic rings. The van der Waals surface area contributed by atoms with Crippen molar-refractivity contribution >= 4 is 29.2 Å². The van der Waals surface area contributed by atoms with E-state index in [9.17, 15) is 14.4 Å². The fraction of sp³-hybridized carbons (Fsp3) is 0.400. The number of H-pyrrole nitrogens is 1. The Morgan fingerprint density at radius 1 is 1.37 bits per heavy atom. The maximum Gasteiger partial charge on any atom is 0.330 e. The zero-order valence-corrected chi connectivity index (χ0v) is 17.8. The normalized spacial score (nSPS) is 10.4. The van der Waals surface area contributed by atoms with Gasteiger partial charge in [-0.2, -0.15) is 5.26 Å². The van der Waals surface area contributed by atoms with Crippen LogP contribution in [0.5, 0.6) is 5.75 Å². The van der Waals surface area contributed by atoms with Crippen LogP contribution in [0, 0.1) is 11.3 Å². The van der Waals surface area contributed by atoms with E-state index in [1.165, 1.54) is 16.6 Å². The standard InChI is InChI=1S/C20H25N5O4S/c1-3-4-10-24-18(22)17(19(27)23-20(24)28)25(16(26)13-30-11-9-21)12-14-7-5-6-8-15(14)29-2/h5-8H,3-4,10-13,22H2,1-2H3,(H,23,27,28). The van der Waals surface area contributed by atoms with Gasteiger partial charge in [-0.15, -0.1) is 11.8 Å². The number of carbonyl (C=O) groups excluding carboxylic acids is 1. The summed E-state index contributed by atoms with van der Waals surface area (Å²) >= 11 is 1.13. The van der Waals surface area contributed by atoms with Gasteiger partial charge in [0.2, 0.25) is 5.91 Å². The molecule has 1 aromatic carbocycles. The van der Waals surface area contributed by atoms with E-state index in [0.717, 1.165) is 18.2 Å². The number of anilines is 2. The Bertz CT molecular complexity index is 1040. The highest BCUT2D eigenvalue weighted by atomic mass is 32.2. The van der Waals surface area contributed by atoms with Crippen LogP contribution in [-0.2, 0) is 17.9 Å². The molecule has 1 amide bonds. The highest BCUT2D eigenvalue weighted by Crippen LogP contribution is 2.25. The first-order chi connectivity index (χ1) is 14.4. The van der Waals surface area contributed by atoms with E-state index in [-0.39, 0.29) is 29.6 Å². The number of carbonyl (C=O) groups is 1. The quantitative estimate of drug-likeness (QED) is 0.547. The molecule has 0 saturated carbocycles. The summed E-state index contributed by atoms with van der Waals surface area (Å²) in [5.41, 5.74) is 5.44. The molecule has 0 radical (unpaired) electrons. The van der Waals surface area contributed by atoms with Crippen molar-refractivity contribution in [1.29, 1.82) is 5.26 Å². The van der Waals surface area contributed by atoms with Crippen LogP contribution in [0.4, 0.5) is 11.5 Å². The topological polar surface area (TPSA) is 134 Å². The third-order valence-corrected chi connectivity index (χ3v) is 5.22. The predicted octanol–water partition coefficient (Wildman–Crippen LogP) is 1.72. The summed E-state index contributed by atoms with van der Waals surface area (Å²) in [6.07, 6.45) is 1.52. The van der Waals surface area contributed by atoms with Gasteiger partial charge >= 0.3 is 5.69 Å². The molecule has 30 heavy (non-hydrogen) atoms. The van der Waals surface area contributed by atoms with Crippen LogP contribution >= 0.6 is 11.8 Å². The third-order valence-electron chi connectivity index (χ3n) is 4.43. The summed E-state index contributed by atoms with van der Waals surface area (Å²) < 4.78 is 6.63. The lowest BCUT2D eigenvalue weighted by Gasteiger charge is -2.25. The summed E-state index contributed by atoms with van der Waals surface area (Å²) in [5, 5.41) is 8.75. The van der Waals surface area contributed by atoms with Crippen LogP contribution in [0.25, 0.3) is 0 Å². The predicted molar refractivity (Wildman–Crippen MR) is 118 cm³/mol. The summed E-state index contributed by atoms with van der Waals surface area (Å²) in [4.78, 5) is 41.4. The number of amides is 1. The molecule has 1 heterocycles. The van der Waals surface area contributed by atoms with Gasteiger partial charge in [0.1, 0.15) is 11.6 Å². The monoisotopic (exact) mass is 431 g/mol. The van der Waals surface area contributed by atoms with E-state index in [1.807, 2.05) is 13.0 Å². The van der Waals surface area contributed by atoms with Gasteiger partial charge in [0.15, 0.2) is 5.69 Å². The number of benzene rings is 1. The molecule has 0 bridgehead atoms. The lowest BCUT2D eigenvalue weighted by atomic mass is 10.1. The number of nitrogens with two attached hydrogens (primary N) is 1. The number of methoxy groups -OCH3 is 1. The minimum Gasteiger partial charge on any atom is -0.496 e. The van der Waals surface area contributed by atoms with Crippen molar-refractivity contribution in [3.8, 4) is 11.8 Å². The van der Waals surface area contributed by atoms with E-state index >= 15 is 0 Å². The molecule has 0 aliphatic carbocycles. The van der Waals surface area contributed by atoms with E-state index in [1.54, 1.807) is 24.3 Å². The molecule has 0 atom stereocenters. The van der Waals surface area contributed by atoms with Gasteiger partial charge < -0.3 is 10.5 Å². The molecule has 10 heteroatoms. The van der Waals surface area contributed by atoms with Crippen molar-refractivity contribution in [2.45, 2.75) is 32.9 Å². The van der Waals surface area contributed by atoms with E-state index in [0.29, 0.717) is 24.3 Å². The molecule has 1 aromatic heterocycles. The molecule has 0 aliphatic rings. The Morgan fingerprint density at radius 2 is 2.10 bits per heavy atom. The number of ether oxygens (including phenoxy) is 1. The second kappa shape index (κ2) is 11.1. The number of nitrogens with zero attached hydrogens (tertiary/aromatic N) is 3. The van der Waals surface area contributed by atoms with Crippen LogP contribution in [0.2, 0.25) is 0 Å². The van der Waals surface area contributed by atoms with E-state index in [2.05, 4.69) is 4.98 Å². The van der Waals surface area contributed by atoms with E-state index in [4.69, 9.17) is 15.7 Å². The molecule has 0 fully saturated rings. The first-order valence-electron chi connectivity index (χ1n) is 9.44. The molecule has 160 valence electrons. The van der Waals surface area contributed by atoms with Crippen molar-refractivity contribution in [1.82, 2.24) is 9.55 Å². The van der Waals surface area contributed by atoms with Crippen molar-refractivity contribution in [2.75, 3.05) is 29.2 Å². The molecule has 2 rings (SSSR count). The maximum absolute atomic E-state index is 13.0. The number of hydrogen-bond donors (Lipinski definition) is 2. The molecular weight excluding hydrogens is 406 g/mol. The number of rotatable bonds is 10. The van der Waals surface area contributed by atoms with Crippen molar-refractivity contribution in [3.05, 3.63) is 50.7 Å². The Morgan fingerprint density at radius 3 is 2.77 bits per heavy atom. The van der Waals surface area contributed by atoms with Crippen LogP contribution in [0.15, 0.2) is 33.9 Å². The fourth-order valence-electron chi connectivity index (χ4n) is 2.93. The Labute approximate surface area is 178 Å². The van der Waals surface area contributed by atoms with Crippen LogP contribution < -0.4 is 26.6 Å². The number of aromatic nitrogens is 2. The zero-order chi connectivity index (χ0) is 22.1. The minimum absolute atomic E-state index is 0.0182. The van der Waals surface area contributed by atoms with Crippen LogP contribution in [-0.4, -0.2) is 34.1 Å². The summed E-state index contributed by atoms with van der Waals surface area (Å²) in [6.45, 7) is 2.32. The van der Waals surface area contributed by atoms with Gasteiger partial charge in [-0.05, 0) is 12.5 Å². The number of aromatic amines is 1. The maximum atomic E-state index is 13.0. The highest BCUT2D eigenvalue weighted by molar-refractivity contribution is 8.00.